The number of rotatable bonds is 3. The molecule has 196 valence electrons. The Morgan fingerprint density at radius 2 is 1.97 bits per heavy atom. The zero-order chi connectivity index (χ0) is 26.7. The minimum atomic E-state index is -1.06. The van der Waals surface area contributed by atoms with Crippen LogP contribution in [0.3, 0.4) is 0 Å². The number of carbonyl (C=O) groups is 2. The molecular weight excluding hydrogens is 487 g/mol. The Balaban J connectivity index is 1.25. The Morgan fingerprint density at radius 1 is 1.21 bits per heavy atom. The van der Waals surface area contributed by atoms with Gasteiger partial charge in [-0.05, 0) is 53.8 Å². The number of nitrogens with one attached hydrogen (secondary N) is 1. The number of fused-ring (bicyclic) bond motifs is 1. The number of carbonyl (C=O) groups excluding carboxylic acids is 2. The fourth-order valence-corrected chi connectivity index (χ4v) is 4.71. The lowest BCUT2D eigenvalue weighted by Gasteiger charge is -2.26. The van der Waals surface area contributed by atoms with E-state index >= 15 is 0 Å². The van der Waals surface area contributed by atoms with Crippen molar-refractivity contribution in [3.05, 3.63) is 82.9 Å². The van der Waals surface area contributed by atoms with Gasteiger partial charge in [-0.15, -0.1) is 0 Å². The van der Waals surface area contributed by atoms with E-state index in [1.807, 2.05) is 18.2 Å². The number of aromatic nitrogens is 2. The minimum Gasteiger partial charge on any atom is -0.381 e. The van der Waals surface area contributed by atoms with Crippen molar-refractivity contribution in [2.24, 2.45) is 0 Å². The van der Waals surface area contributed by atoms with E-state index in [0.717, 1.165) is 22.4 Å². The number of likely N-dealkylation sites (N-methyl/N-ethyl adjacent to an activating group) is 1. The topological polar surface area (TPSA) is 96.7 Å². The van der Waals surface area contributed by atoms with Crippen molar-refractivity contribution in [2.75, 3.05) is 25.2 Å². The van der Waals surface area contributed by atoms with E-state index in [4.69, 9.17) is 4.74 Å². The lowest BCUT2D eigenvalue weighted by Crippen LogP contribution is -2.48. The summed E-state index contributed by atoms with van der Waals surface area (Å²) in [5.74, 6) is 5.49. The molecule has 0 bridgehead atoms. The van der Waals surface area contributed by atoms with E-state index in [1.54, 1.807) is 36.5 Å². The number of hydrogen-bond acceptors (Lipinski definition) is 5. The molecule has 1 fully saturated rings. The second-order valence-corrected chi connectivity index (χ2v) is 9.77. The van der Waals surface area contributed by atoms with Crippen molar-refractivity contribution >= 4 is 17.6 Å². The second-order valence-electron chi connectivity index (χ2n) is 9.77. The van der Waals surface area contributed by atoms with Gasteiger partial charge in [-0.3, -0.25) is 4.79 Å². The van der Waals surface area contributed by atoms with Crippen molar-refractivity contribution in [3.63, 3.8) is 0 Å². The van der Waals surface area contributed by atoms with Crippen LogP contribution >= 0.6 is 0 Å². The van der Waals surface area contributed by atoms with Gasteiger partial charge in [0, 0.05) is 43.8 Å². The highest BCUT2D eigenvalue weighted by Crippen LogP contribution is 2.28. The molecule has 0 saturated carbocycles. The largest absolute Gasteiger partial charge is 0.381 e. The smallest absolute Gasteiger partial charge is 0.342 e. The van der Waals surface area contributed by atoms with E-state index < -0.39 is 17.7 Å². The summed E-state index contributed by atoms with van der Waals surface area (Å²) in [7, 11) is 1.68. The second kappa shape index (κ2) is 10.8. The molecular formula is C29H29FN4O4. The van der Waals surface area contributed by atoms with Crippen LogP contribution in [0.4, 0.5) is 14.9 Å². The number of aliphatic hydroxyl groups is 1. The molecule has 2 aromatic carbocycles. The monoisotopic (exact) mass is 516 g/mol. The van der Waals surface area contributed by atoms with Gasteiger partial charge in [0.1, 0.15) is 17.5 Å². The summed E-state index contributed by atoms with van der Waals surface area (Å²) in [6.07, 6.45) is 5.67. The molecule has 0 radical (unpaired) electrons. The van der Waals surface area contributed by atoms with Gasteiger partial charge >= 0.3 is 6.03 Å². The highest BCUT2D eigenvalue weighted by Gasteiger charge is 2.30. The molecule has 9 heteroatoms. The highest BCUT2D eigenvalue weighted by molar-refractivity contribution is 6.00. The van der Waals surface area contributed by atoms with Crippen LogP contribution in [0.15, 0.2) is 54.9 Å². The average molecular weight is 517 g/mol. The number of hydrogen-bond donors (Lipinski definition) is 2. The van der Waals surface area contributed by atoms with E-state index in [9.17, 15) is 19.1 Å². The fourth-order valence-electron chi connectivity index (χ4n) is 4.71. The van der Waals surface area contributed by atoms with Gasteiger partial charge in [0.05, 0.1) is 19.4 Å². The molecule has 0 spiro atoms. The van der Waals surface area contributed by atoms with Crippen molar-refractivity contribution in [3.8, 4) is 11.8 Å². The Morgan fingerprint density at radius 3 is 2.74 bits per heavy atom. The molecule has 1 unspecified atom stereocenters. The number of aryl methyl sites for hydroxylation is 1. The van der Waals surface area contributed by atoms with Crippen molar-refractivity contribution in [1.29, 1.82) is 0 Å². The number of nitrogens with zero attached hydrogens (tertiary/aromatic N) is 3. The van der Waals surface area contributed by atoms with Gasteiger partial charge in [0.15, 0.2) is 0 Å². The third-order valence-corrected chi connectivity index (χ3v) is 7.00. The summed E-state index contributed by atoms with van der Waals surface area (Å²) < 4.78 is 19.6. The maximum absolute atomic E-state index is 13.3. The van der Waals surface area contributed by atoms with E-state index in [0.29, 0.717) is 50.9 Å². The maximum atomic E-state index is 13.3. The van der Waals surface area contributed by atoms with Gasteiger partial charge in [-0.2, -0.15) is 9.78 Å². The first-order valence-corrected chi connectivity index (χ1v) is 12.6. The predicted molar refractivity (Wildman–Crippen MR) is 139 cm³/mol. The first-order valence-electron chi connectivity index (χ1n) is 12.6. The third kappa shape index (κ3) is 5.77. The molecule has 8 nitrogen and oxygen atoms in total. The molecule has 2 N–H and O–H groups in total. The van der Waals surface area contributed by atoms with Crippen molar-refractivity contribution < 1.29 is 23.8 Å². The summed E-state index contributed by atoms with van der Waals surface area (Å²) in [4.78, 5) is 27.7. The Hall–Kier alpha value is -4.00. The summed E-state index contributed by atoms with van der Waals surface area (Å²) in [6, 6.07) is 10.6. The summed E-state index contributed by atoms with van der Waals surface area (Å²) in [6.45, 7) is 0.960. The summed E-state index contributed by atoms with van der Waals surface area (Å²) in [5, 5.41) is 17.6. The minimum absolute atomic E-state index is 0.232. The highest BCUT2D eigenvalue weighted by atomic mass is 19.1. The predicted octanol–water partition coefficient (Wildman–Crippen LogP) is 3.04. The number of anilines is 1. The van der Waals surface area contributed by atoms with Gasteiger partial charge < -0.3 is 20.1 Å². The quantitative estimate of drug-likeness (QED) is 0.522. The third-order valence-electron chi connectivity index (χ3n) is 7.00. The SMILES string of the molecule is CN1C(=O)C(NC(=O)n2cc(Cc3ccc(F)cc3)cn2)CCc2ccc(C#CC3(O)CCOCC3)cc21. The molecule has 2 aliphatic heterocycles. The van der Waals surface area contributed by atoms with Crippen LogP contribution in [-0.4, -0.2) is 58.7 Å². The van der Waals surface area contributed by atoms with Gasteiger partial charge in [0.2, 0.25) is 5.91 Å². The molecule has 0 aliphatic carbocycles. The molecule has 1 atom stereocenters. The Bertz CT molecular complexity index is 1400. The standard InChI is InChI=1S/C29H29FN4O4/c1-33-26-17-21(10-11-29(37)12-14-38-15-13-29)2-5-23(26)6-9-25(27(33)35)32-28(36)34-19-22(18-31-34)16-20-3-7-24(30)8-4-20/h2-5,7-8,17-19,25,37H,6,9,12-16H2,1H3,(H,32,36). The van der Waals surface area contributed by atoms with Crippen LogP contribution in [0.2, 0.25) is 0 Å². The lowest BCUT2D eigenvalue weighted by molar-refractivity contribution is -0.120. The Labute approximate surface area is 220 Å². The van der Waals surface area contributed by atoms with Crippen LogP contribution in [0.1, 0.15) is 41.5 Å². The zero-order valence-electron chi connectivity index (χ0n) is 21.1. The van der Waals surface area contributed by atoms with Crippen LogP contribution < -0.4 is 10.2 Å². The van der Waals surface area contributed by atoms with Crippen LogP contribution in [-0.2, 0) is 22.4 Å². The molecule has 1 saturated heterocycles. The van der Waals surface area contributed by atoms with Gasteiger partial charge in [-0.25, -0.2) is 9.18 Å². The van der Waals surface area contributed by atoms with E-state index in [1.165, 1.54) is 16.8 Å². The molecule has 38 heavy (non-hydrogen) atoms. The molecule has 3 aromatic rings. The molecule has 3 heterocycles. The number of benzene rings is 2. The number of amides is 2. The normalized spacial score (nSPS) is 18.7. The fraction of sp³-hybridized carbons (Fsp3) is 0.345. The zero-order valence-corrected chi connectivity index (χ0v) is 21.1. The van der Waals surface area contributed by atoms with E-state index in [2.05, 4.69) is 22.3 Å². The Kier molecular flexibility index (Phi) is 7.27. The van der Waals surface area contributed by atoms with Crippen LogP contribution in [0.5, 0.6) is 0 Å². The lowest BCUT2D eigenvalue weighted by atomic mass is 9.94. The van der Waals surface area contributed by atoms with Crippen molar-refractivity contribution in [1.82, 2.24) is 15.1 Å². The molecule has 5 rings (SSSR count). The molecule has 1 aromatic heterocycles. The molecule has 2 aliphatic rings. The van der Waals surface area contributed by atoms with Crippen LogP contribution in [0.25, 0.3) is 0 Å². The van der Waals surface area contributed by atoms with Crippen LogP contribution in [0, 0.1) is 17.7 Å². The average Bonchev–Trinajstić information content (AvgIpc) is 3.35. The van der Waals surface area contributed by atoms with Gasteiger partial charge in [-0.1, -0.05) is 30.0 Å². The van der Waals surface area contributed by atoms with E-state index in [-0.39, 0.29) is 11.7 Å². The molecule has 2 amide bonds. The first kappa shape index (κ1) is 25.6. The number of halogens is 1. The first-order chi connectivity index (χ1) is 18.3. The van der Waals surface area contributed by atoms with Crippen molar-refractivity contribution in [2.45, 2.75) is 43.7 Å². The summed E-state index contributed by atoms with van der Waals surface area (Å²) >= 11 is 0. The number of ether oxygens (including phenoxy) is 1. The van der Waals surface area contributed by atoms with Gasteiger partial charge in [0.25, 0.3) is 0 Å². The maximum Gasteiger partial charge on any atom is 0.342 e. The summed E-state index contributed by atoms with van der Waals surface area (Å²) in [5.41, 5.74) is 3.05.